The lowest BCUT2D eigenvalue weighted by molar-refractivity contribution is 0.103. The van der Waals surface area contributed by atoms with E-state index in [2.05, 4.69) is 5.32 Å². The highest BCUT2D eigenvalue weighted by molar-refractivity contribution is 7.92. The summed E-state index contributed by atoms with van der Waals surface area (Å²) in [5.41, 5.74) is 2.14. The van der Waals surface area contributed by atoms with E-state index in [1.54, 1.807) is 37.3 Å². The fraction of sp³-hybridized carbons (Fsp3) is 0.211. The number of hydrogen-bond donors (Lipinski definition) is 1. The number of halogens is 1. The normalized spacial score (nSPS) is 11.6. The van der Waals surface area contributed by atoms with Crippen LogP contribution in [0.4, 0.5) is 11.4 Å². The molecule has 1 N–H and O–H groups in total. The molecule has 27 heavy (non-hydrogen) atoms. The Hall–Kier alpha value is -2.09. The summed E-state index contributed by atoms with van der Waals surface area (Å²) in [6.45, 7) is 3.50. The van der Waals surface area contributed by atoms with Crippen molar-refractivity contribution in [3.8, 4) is 0 Å². The number of fused-ring (bicyclic) bond motifs is 1. The molecule has 0 aliphatic heterocycles. The lowest BCUT2D eigenvalue weighted by Crippen LogP contribution is -2.27. The van der Waals surface area contributed by atoms with Gasteiger partial charge in [0.2, 0.25) is 10.0 Å². The van der Waals surface area contributed by atoms with Gasteiger partial charge in [-0.1, -0.05) is 17.7 Å². The van der Waals surface area contributed by atoms with Crippen molar-refractivity contribution < 1.29 is 13.2 Å². The predicted molar refractivity (Wildman–Crippen MR) is 114 cm³/mol. The Bertz CT molecular complexity index is 1120. The third kappa shape index (κ3) is 4.10. The van der Waals surface area contributed by atoms with E-state index in [0.717, 1.165) is 15.6 Å². The first-order chi connectivity index (χ1) is 12.7. The third-order valence-corrected chi connectivity index (χ3v) is 7.60. The summed E-state index contributed by atoms with van der Waals surface area (Å²) in [5.74, 6) is -0.204. The molecule has 0 bridgehead atoms. The predicted octanol–water partition coefficient (Wildman–Crippen LogP) is 4.90. The van der Waals surface area contributed by atoms with Crippen molar-refractivity contribution >= 4 is 60.3 Å². The minimum atomic E-state index is -3.33. The molecule has 0 aliphatic rings. The van der Waals surface area contributed by atoms with Crippen LogP contribution in [0, 0.1) is 6.92 Å². The Morgan fingerprint density at radius 3 is 2.59 bits per heavy atom. The number of carbonyl (C=O) groups excluding carboxylic acids is 1. The van der Waals surface area contributed by atoms with E-state index in [1.165, 1.54) is 22.7 Å². The van der Waals surface area contributed by atoms with Crippen molar-refractivity contribution in [2.45, 2.75) is 13.8 Å². The van der Waals surface area contributed by atoms with Crippen molar-refractivity contribution in [2.75, 3.05) is 22.4 Å². The number of rotatable bonds is 5. The van der Waals surface area contributed by atoms with Gasteiger partial charge in [-0.2, -0.15) is 0 Å². The summed E-state index contributed by atoms with van der Waals surface area (Å²) in [6, 6.07) is 12.5. The lowest BCUT2D eigenvalue weighted by Gasteiger charge is -2.18. The van der Waals surface area contributed by atoms with Gasteiger partial charge in [-0.15, -0.1) is 11.3 Å². The van der Waals surface area contributed by atoms with Gasteiger partial charge >= 0.3 is 0 Å². The molecule has 8 heteroatoms. The van der Waals surface area contributed by atoms with Crippen LogP contribution < -0.4 is 9.62 Å². The molecule has 0 saturated heterocycles. The van der Waals surface area contributed by atoms with Crippen LogP contribution >= 0.6 is 22.9 Å². The highest BCUT2D eigenvalue weighted by atomic mass is 35.5. The van der Waals surface area contributed by atoms with Crippen LogP contribution in [0.15, 0.2) is 42.5 Å². The van der Waals surface area contributed by atoms with Gasteiger partial charge in [0, 0.05) is 22.5 Å². The summed E-state index contributed by atoms with van der Waals surface area (Å²) < 4.78 is 26.3. The number of amides is 1. The first-order valence-corrected chi connectivity index (χ1v) is 11.1. The van der Waals surface area contributed by atoms with Crippen molar-refractivity contribution in [2.24, 2.45) is 0 Å². The van der Waals surface area contributed by atoms with Crippen molar-refractivity contribution in [1.82, 2.24) is 0 Å². The summed E-state index contributed by atoms with van der Waals surface area (Å²) in [7, 11) is -1.80. The highest BCUT2D eigenvalue weighted by Gasteiger charge is 2.17. The highest BCUT2D eigenvalue weighted by Crippen LogP contribution is 2.31. The molecule has 2 aromatic carbocycles. The van der Waals surface area contributed by atoms with E-state index in [0.29, 0.717) is 21.3 Å². The molecular formula is C19H19ClN2O3S2. The number of aryl methyl sites for hydroxylation is 1. The van der Waals surface area contributed by atoms with Gasteiger partial charge in [0.25, 0.3) is 5.91 Å². The van der Waals surface area contributed by atoms with Gasteiger partial charge in [-0.3, -0.25) is 9.10 Å². The maximum absolute atomic E-state index is 12.6. The van der Waals surface area contributed by atoms with Crippen LogP contribution in [0.25, 0.3) is 10.1 Å². The molecule has 1 amide bonds. The maximum atomic E-state index is 12.6. The number of sulfonamides is 1. The largest absolute Gasteiger partial charge is 0.321 e. The molecule has 0 radical (unpaired) electrons. The van der Waals surface area contributed by atoms with E-state index in [-0.39, 0.29) is 11.7 Å². The second kappa shape index (κ2) is 7.50. The number of carbonyl (C=O) groups is 1. The number of anilines is 2. The molecule has 0 unspecified atom stereocenters. The fourth-order valence-corrected chi connectivity index (χ4v) is 4.50. The summed E-state index contributed by atoms with van der Waals surface area (Å²) in [6.07, 6.45) is 0. The standard InChI is InChI=1S/C19H19ClN2O3S2/c1-4-27(24,25)22(3)15-7-8-17-13(9-15)10-18(26-17)19(23)21-14-6-5-12(2)16(20)11-14/h5-11H,4H2,1-3H3,(H,21,23). The van der Waals surface area contributed by atoms with E-state index in [4.69, 9.17) is 11.6 Å². The maximum Gasteiger partial charge on any atom is 0.265 e. The molecule has 1 heterocycles. The van der Waals surface area contributed by atoms with Crippen LogP contribution in [-0.4, -0.2) is 27.1 Å². The molecule has 5 nitrogen and oxygen atoms in total. The Morgan fingerprint density at radius 2 is 1.93 bits per heavy atom. The number of hydrogen-bond acceptors (Lipinski definition) is 4. The summed E-state index contributed by atoms with van der Waals surface area (Å²) in [5, 5.41) is 4.25. The SMILES string of the molecule is CCS(=O)(=O)N(C)c1ccc2sc(C(=O)Nc3ccc(C)c(Cl)c3)cc2c1. The van der Waals surface area contributed by atoms with Crippen molar-refractivity contribution in [3.63, 3.8) is 0 Å². The molecule has 3 rings (SSSR count). The molecule has 0 atom stereocenters. The number of benzene rings is 2. The van der Waals surface area contributed by atoms with Gasteiger partial charge < -0.3 is 5.32 Å². The van der Waals surface area contributed by atoms with Crippen LogP contribution in [0.2, 0.25) is 5.02 Å². The van der Waals surface area contributed by atoms with Crippen LogP contribution in [0.3, 0.4) is 0 Å². The van der Waals surface area contributed by atoms with Crippen LogP contribution in [-0.2, 0) is 10.0 Å². The van der Waals surface area contributed by atoms with Crippen LogP contribution in [0.1, 0.15) is 22.2 Å². The van der Waals surface area contributed by atoms with E-state index >= 15 is 0 Å². The van der Waals surface area contributed by atoms with E-state index in [9.17, 15) is 13.2 Å². The van der Waals surface area contributed by atoms with Gasteiger partial charge in [0.05, 0.1) is 16.3 Å². The molecule has 0 saturated carbocycles. The minimum Gasteiger partial charge on any atom is -0.321 e. The van der Waals surface area contributed by atoms with Crippen molar-refractivity contribution in [3.05, 3.63) is 57.9 Å². The number of nitrogens with zero attached hydrogens (tertiary/aromatic N) is 1. The zero-order chi connectivity index (χ0) is 19.8. The molecule has 0 fully saturated rings. The average molecular weight is 423 g/mol. The second-order valence-corrected chi connectivity index (χ2v) is 9.90. The summed E-state index contributed by atoms with van der Waals surface area (Å²) >= 11 is 7.45. The zero-order valence-corrected chi connectivity index (χ0v) is 17.5. The quantitative estimate of drug-likeness (QED) is 0.635. The monoisotopic (exact) mass is 422 g/mol. The van der Waals surface area contributed by atoms with Crippen LogP contribution in [0.5, 0.6) is 0 Å². The molecule has 142 valence electrons. The molecule has 0 aliphatic carbocycles. The third-order valence-electron chi connectivity index (χ3n) is 4.30. The number of nitrogens with one attached hydrogen (secondary N) is 1. The average Bonchev–Trinajstić information content (AvgIpc) is 3.07. The zero-order valence-electron chi connectivity index (χ0n) is 15.1. The smallest absolute Gasteiger partial charge is 0.265 e. The topological polar surface area (TPSA) is 66.5 Å². The van der Waals surface area contributed by atoms with E-state index in [1.807, 2.05) is 19.1 Å². The van der Waals surface area contributed by atoms with E-state index < -0.39 is 10.0 Å². The van der Waals surface area contributed by atoms with Gasteiger partial charge in [0.15, 0.2) is 0 Å². The minimum absolute atomic E-state index is 0.0257. The summed E-state index contributed by atoms with van der Waals surface area (Å²) in [4.78, 5) is 13.1. The Balaban J connectivity index is 1.87. The number of thiophene rings is 1. The molecule has 0 spiro atoms. The molecule has 1 aromatic heterocycles. The Labute approximate surface area is 167 Å². The first kappa shape index (κ1) is 19.7. The lowest BCUT2D eigenvalue weighted by atomic mass is 10.2. The second-order valence-electron chi connectivity index (χ2n) is 6.12. The van der Waals surface area contributed by atoms with Gasteiger partial charge in [0.1, 0.15) is 0 Å². The Kier molecular flexibility index (Phi) is 5.46. The van der Waals surface area contributed by atoms with Gasteiger partial charge in [-0.05, 0) is 61.2 Å². The van der Waals surface area contributed by atoms with Gasteiger partial charge in [-0.25, -0.2) is 8.42 Å². The Morgan fingerprint density at radius 1 is 1.19 bits per heavy atom. The molecule has 3 aromatic rings. The first-order valence-electron chi connectivity index (χ1n) is 8.29. The van der Waals surface area contributed by atoms with Crippen molar-refractivity contribution in [1.29, 1.82) is 0 Å². The molecular weight excluding hydrogens is 404 g/mol. The fourth-order valence-electron chi connectivity index (χ4n) is 2.56.